The van der Waals surface area contributed by atoms with Gasteiger partial charge in [0.15, 0.2) is 0 Å². The van der Waals surface area contributed by atoms with Gasteiger partial charge < -0.3 is 11.1 Å². The highest BCUT2D eigenvalue weighted by Crippen LogP contribution is 2.18. The molecule has 0 heterocycles. The van der Waals surface area contributed by atoms with Crippen LogP contribution < -0.4 is 11.1 Å². The molecule has 5 heteroatoms. The lowest BCUT2D eigenvalue weighted by molar-refractivity contribution is 0.0946. The first-order chi connectivity index (χ1) is 9.99. The van der Waals surface area contributed by atoms with Gasteiger partial charge in [0.25, 0.3) is 5.91 Å². The number of thiocarbonyl (C=S) groups is 1. The summed E-state index contributed by atoms with van der Waals surface area (Å²) in [5.74, 6) is -0.202. The summed E-state index contributed by atoms with van der Waals surface area (Å²) in [6, 6.07) is 14.4. The minimum Gasteiger partial charge on any atom is -0.391 e. The van der Waals surface area contributed by atoms with E-state index < -0.39 is 6.04 Å². The smallest absolute Gasteiger partial charge is 0.252 e. The van der Waals surface area contributed by atoms with Crippen molar-refractivity contribution in [1.82, 2.24) is 5.32 Å². The Labute approximate surface area is 137 Å². The molecule has 0 saturated heterocycles. The van der Waals surface area contributed by atoms with Crippen molar-refractivity contribution in [3.63, 3.8) is 0 Å². The molecule has 3 N–H and O–H groups in total. The van der Waals surface area contributed by atoms with E-state index in [0.717, 1.165) is 15.6 Å². The quantitative estimate of drug-likeness (QED) is 0.818. The number of halogens is 1. The van der Waals surface area contributed by atoms with Gasteiger partial charge in [0, 0.05) is 10.0 Å². The molecule has 0 aliphatic rings. The average molecular weight is 363 g/mol. The average Bonchev–Trinajstić information content (AvgIpc) is 2.48. The minimum atomic E-state index is -0.474. The molecule has 0 spiro atoms. The Morgan fingerprint density at radius 3 is 2.48 bits per heavy atom. The van der Waals surface area contributed by atoms with Crippen LogP contribution >= 0.6 is 28.1 Å². The van der Waals surface area contributed by atoms with E-state index in [9.17, 15) is 4.79 Å². The lowest BCUT2D eigenvalue weighted by atomic mass is 10.1. The molecule has 2 aromatic carbocycles. The number of nitrogens with two attached hydrogens (primary N) is 1. The van der Waals surface area contributed by atoms with Gasteiger partial charge in [-0.25, -0.2) is 0 Å². The first kappa shape index (κ1) is 15.7. The second-order valence-electron chi connectivity index (χ2n) is 4.68. The van der Waals surface area contributed by atoms with Crippen molar-refractivity contribution < 1.29 is 4.79 Å². The van der Waals surface area contributed by atoms with Crippen LogP contribution in [0, 0.1) is 6.92 Å². The van der Waals surface area contributed by atoms with E-state index in [4.69, 9.17) is 18.0 Å². The first-order valence-electron chi connectivity index (χ1n) is 6.40. The minimum absolute atomic E-state index is 0.202. The Balaban J connectivity index is 2.23. The van der Waals surface area contributed by atoms with Crippen molar-refractivity contribution in [2.75, 3.05) is 0 Å². The van der Waals surface area contributed by atoms with Crippen LogP contribution in [0.5, 0.6) is 0 Å². The molecule has 0 radical (unpaired) electrons. The highest BCUT2D eigenvalue weighted by Gasteiger charge is 2.18. The molecule has 0 aliphatic heterocycles. The second-order valence-corrected chi connectivity index (χ2v) is 6.01. The van der Waals surface area contributed by atoms with Crippen LogP contribution in [0.3, 0.4) is 0 Å². The fraction of sp³-hybridized carbons (Fsp3) is 0.125. The number of amides is 1. The Hall–Kier alpha value is -1.72. The number of aryl methyl sites for hydroxylation is 1. The molecule has 2 rings (SSSR count). The molecular formula is C16H15BrN2OS. The van der Waals surface area contributed by atoms with Gasteiger partial charge in [-0.15, -0.1) is 0 Å². The second kappa shape index (κ2) is 6.83. The number of carbonyl (C=O) groups is 1. The number of rotatable bonds is 4. The normalized spacial score (nSPS) is 11.7. The summed E-state index contributed by atoms with van der Waals surface area (Å²) in [5.41, 5.74) is 8.20. The van der Waals surface area contributed by atoms with E-state index in [1.807, 2.05) is 49.4 Å². The molecule has 1 atom stereocenters. The van der Waals surface area contributed by atoms with E-state index in [2.05, 4.69) is 21.2 Å². The zero-order valence-electron chi connectivity index (χ0n) is 11.5. The molecule has 21 heavy (non-hydrogen) atoms. The lowest BCUT2D eigenvalue weighted by Gasteiger charge is -2.18. The van der Waals surface area contributed by atoms with Crippen molar-refractivity contribution in [2.24, 2.45) is 5.73 Å². The van der Waals surface area contributed by atoms with Crippen molar-refractivity contribution in [3.8, 4) is 0 Å². The summed E-state index contributed by atoms with van der Waals surface area (Å²) in [7, 11) is 0. The molecule has 0 aromatic heterocycles. The predicted molar refractivity (Wildman–Crippen MR) is 92.3 cm³/mol. The molecule has 1 unspecified atom stereocenters. The van der Waals surface area contributed by atoms with Gasteiger partial charge in [-0.1, -0.05) is 58.5 Å². The van der Waals surface area contributed by atoms with Gasteiger partial charge in [0.1, 0.15) is 11.0 Å². The molecule has 0 saturated carbocycles. The Bertz CT molecular complexity index is 673. The predicted octanol–water partition coefficient (Wildman–Crippen LogP) is 3.51. The van der Waals surface area contributed by atoms with E-state index in [0.29, 0.717) is 5.56 Å². The van der Waals surface area contributed by atoms with E-state index in [-0.39, 0.29) is 10.9 Å². The number of benzene rings is 2. The fourth-order valence-corrected chi connectivity index (χ4v) is 2.41. The lowest BCUT2D eigenvalue weighted by Crippen LogP contribution is -2.36. The highest BCUT2D eigenvalue weighted by molar-refractivity contribution is 9.10. The number of carbonyl (C=O) groups excluding carboxylic acids is 1. The van der Waals surface area contributed by atoms with E-state index >= 15 is 0 Å². The third-order valence-electron chi connectivity index (χ3n) is 3.11. The third-order valence-corrected chi connectivity index (χ3v) is 4.24. The van der Waals surface area contributed by atoms with Gasteiger partial charge >= 0.3 is 0 Å². The molecule has 3 nitrogen and oxygen atoms in total. The van der Waals surface area contributed by atoms with Gasteiger partial charge in [-0.2, -0.15) is 0 Å². The molecule has 0 bridgehead atoms. The van der Waals surface area contributed by atoms with Crippen molar-refractivity contribution in [1.29, 1.82) is 0 Å². The maximum absolute atomic E-state index is 12.4. The fourth-order valence-electron chi connectivity index (χ4n) is 1.96. The van der Waals surface area contributed by atoms with Crippen LogP contribution in [0.15, 0.2) is 53.0 Å². The summed E-state index contributed by atoms with van der Waals surface area (Å²) in [6.07, 6.45) is 0. The zero-order valence-corrected chi connectivity index (χ0v) is 13.9. The number of hydrogen-bond acceptors (Lipinski definition) is 2. The van der Waals surface area contributed by atoms with Gasteiger partial charge in [0.2, 0.25) is 0 Å². The summed E-state index contributed by atoms with van der Waals surface area (Å²) in [6.45, 7) is 1.93. The van der Waals surface area contributed by atoms with Crippen molar-refractivity contribution >= 4 is 39.0 Å². The first-order valence-corrected chi connectivity index (χ1v) is 7.60. The topological polar surface area (TPSA) is 55.1 Å². The summed E-state index contributed by atoms with van der Waals surface area (Å²) < 4.78 is 0.966. The van der Waals surface area contributed by atoms with Crippen LogP contribution in [0.1, 0.15) is 27.5 Å². The van der Waals surface area contributed by atoms with Gasteiger partial charge in [-0.05, 0) is 36.2 Å². The van der Waals surface area contributed by atoms with Gasteiger partial charge in [-0.3, -0.25) is 4.79 Å². The SMILES string of the molecule is Cc1cc(C(=O)NC(C(N)=S)c2ccccc2)ccc1Br. The van der Waals surface area contributed by atoms with E-state index in [1.165, 1.54) is 0 Å². The van der Waals surface area contributed by atoms with Crippen LogP contribution in [-0.4, -0.2) is 10.9 Å². The molecule has 0 aliphatic carbocycles. The Morgan fingerprint density at radius 2 is 1.90 bits per heavy atom. The molecule has 0 fully saturated rings. The maximum atomic E-state index is 12.4. The third kappa shape index (κ3) is 3.89. The number of hydrogen-bond donors (Lipinski definition) is 2. The highest BCUT2D eigenvalue weighted by atomic mass is 79.9. The van der Waals surface area contributed by atoms with E-state index in [1.54, 1.807) is 6.07 Å². The molecule has 108 valence electrons. The Kier molecular flexibility index (Phi) is 5.09. The van der Waals surface area contributed by atoms with Crippen LogP contribution in [0.4, 0.5) is 0 Å². The van der Waals surface area contributed by atoms with Crippen LogP contribution in [-0.2, 0) is 0 Å². The summed E-state index contributed by atoms with van der Waals surface area (Å²) in [5, 5.41) is 2.88. The molecule has 2 aromatic rings. The molecular weight excluding hydrogens is 348 g/mol. The van der Waals surface area contributed by atoms with Crippen molar-refractivity contribution in [3.05, 3.63) is 69.7 Å². The zero-order chi connectivity index (χ0) is 15.4. The standard InChI is InChI=1S/C16H15BrN2OS/c1-10-9-12(7-8-13(10)17)16(20)19-14(15(18)21)11-5-3-2-4-6-11/h2-9,14H,1H3,(H2,18,21)(H,19,20). The molecule has 1 amide bonds. The largest absolute Gasteiger partial charge is 0.391 e. The van der Waals surface area contributed by atoms with Gasteiger partial charge in [0.05, 0.1) is 0 Å². The maximum Gasteiger partial charge on any atom is 0.252 e. The van der Waals surface area contributed by atoms with Crippen LogP contribution in [0.25, 0.3) is 0 Å². The Morgan fingerprint density at radius 1 is 1.24 bits per heavy atom. The number of nitrogens with one attached hydrogen (secondary N) is 1. The summed E-state index contributed by atoms with van der Waals surface area (Å²) in [4.78, 5) is 12.6. The monoisotopic (exact) mass is 362 g/mol. The summed E-state index contributed by atoms with van der Waals surface area (Å²) >= 11 is 8.49. The van der Waals surface area contributed by atoms with Crippen molar-refractivity contribution in [2.45, 2.75) is 13.0 Å². The van der Waals surface area contributed by atoms with Crippen LogP contribution in [0.2, 0.25) is 0 Å².